The average Bonchev–Trinajstić information content (AvgIpc) is 3.96. The first-order chi connectivity index (χ1) is 30.2. The van der Waals surface area contributed by atoms with Gasteiger partial charge in [0.2, 0.25) is 23.6 Å². The summed E-state index contributed by atoms with van der Waals surface area (Å²) in [5.41, 5.74) is 18.8. The molecule has 5 atom stereocenters. The highest BCUT2D eigenvalue weighted by atomic mass is 16.5. The van der Waals surface area contributed by atoms with E-state index in [-0.39, 0.29) is 46.8 Å². The number of hydrogen-bond acceptors (Lipinski definition) is 10. The van der Waals surface area contributed by atoms with Crippen LogP contribution in [0.3, 0.4) is 0 Å². The summed E-state index contributed by atoms with van der Waals surface area (Å²) in [6, 6.07) is 16.3. The highest BCUT2D eigenvalue weighted by Crippen LogP contribution is 2.35. The van der Waals surface area contributed by atoms with Crippen LogP contribution in [-0.4, -0.2) is 97.1 Å². The van der Waals surface area contributed by atoms with Gasteiger partial charge in [-0.2, -0.15) is 0 Å². The zero-order valence-corrected chi connectivity index (χ0v) is 38.6. The predicted molar refractivity (Wildman–Crippen MR) is 247 cm³/mol. The molecule has 2 heterocycles. The van der Waals surface area contributed by atoms with Crippen molar-refractivity contribution < 1.29 is 38.2 Å². The monoisotopic (exact) mass is 883 g/mol. The molecule has 0 bridgehead atoms. The Hall–Kier alpha value is -6.32. The third-order valence-corrected chi connectivity index (χ3v) is 12.2. The fourth-order valence-electron chi connectivity index (χ4n) is 8.44. The van der Waals surface area contributed by atoms with Gasteiger partial charge in [0.1, 0.15) is 24.2 Å². The first-order valence-corrected chi connectivity index (χ1v) is 22.0. The standard InChI is InChI=1S/C48H66N8O8/c1-27(2)40(53-46(61)63-8)44(59)55-22-10-12-38(55)42(57)51-36-20-14-29(25-34(36)49)24-33(30-15-18-32(19-16-30)48(5,6)7)31-17-21-37(35(50)26-31)52-43(58)39-13-11-23-56(39)45(60)41(28(3)4)54-47(62)64-9/h14-21,25-28,33,38-41H,10-13,22-24,49-50H2,1-9H3,(H,51,57)(H,52,58)(H,53,61)(H,54,62). The van der Waals surface area contributed by atoms with Crippen molar-refractivity contribution in [3.63, 3.8) is 0 Å². The number of hydrogen-bond donors (Lipinski definition) is 6. The van der Waals surface area contributed by atoms with Crippen molar-refractivity contribution >= 4 is 58.6 Å². The van der Waals surface area contributed by atoms with Crippen LogP contribution in [0.25, 0.3) is 0 Å². The molecule has 16 heteroatoms. The number of nitrogens with zero attached hydrogens (tertiary/aromatic N) is 2. The zero-order valence-electron chi connectivity index (χ0n) is 38.6. The van der Waals surface area contributed by atoms with E-state index in [1.54, 1.807) is 12.1 Å². The Morgan fingerprint density at radius 2 is 1.09 bits per heavy atom. The van der Waals surface area contributed by atoms with Gasteiger partial charge in [0.05, 0.1) is 37.0 Å². The van der Waals surface area contributed by atoms with Crippen molar-refractivity contribution in [2.24, 2.45) is 11.8 Å². The molecule has 2 saturated heterocycles. The van der Waals surface area contributed by atoms with Crippen LogP contribution in [0.15, 0.2) is 60.7 Å². The van der Waals surface area contributed by atoms with Crippen molar-refractivity contribution in [2.45, 2.75) is 116 Å². The highest BCUT2D eigenvalue weighted by molar-refractivity contribution is 6.01. The van der Waals surface area contributed by atoms with E-state index in [4.69, 9.17) is 20.9 Å². The van der Waals surface area contributed by atoms with Crippen molar-refractivity contribution in [2.75, 3.05) is 49.4 Å². The summed E-state index contributed by atoms with van der Waals surface area (Å²) in [6.07, 6.45) is 1.27. The van der Waals surface area contributed by atoms with E-state index in [2.05, 4.69) is 66.3 Å². The molecule has 0 radical (unpaired) electrons. The minimum absolute atomic E-state index is 0.0566. The lowest BCUT2D eigenvalue weighted by atomic mass is 9.82. The van der Waals surface area contributed by atoms with Gasteiger partial charge in [0.25, 0.3) is 0 Å². The van der Waals surface area contributed by atoms with Gasteiger partial charge in [-0.1, -0.05) is 84.9 Å². The molecule has 2 aliphatic rings. The summed E-state index contributed by atoms with van der Waals surface area (Å²) in [4.78, 5) is 81.6. The average molecular weight is 883 g/mol. The van der Waals surface area contributed by atoms with E-state index < -0.39 is 36.4 Å². The van der Waals surface area contributed by atoms with E-state index in [1.165, 1.54) is 29.6 Å². The maximum Gasteiger partial charge on any atom is 0.407 e. The summed E-state index contributed by atoms with van der Waals surface area (Å²) >= 11 is 0. The molecule has 0 saturated carbocycles. The molecule has 346 valence electrons. The topological polar surface area (TPSA) is 228 Å². The van der Waals surface area contributed by atoms with Crippen LogP contribution in [0.1, 0.15) is 102 Å². The lowest BCUT2D eigenvalue weighted by Crippen LogP contribution is -2.54. The van der Waals surface area contributed by atoms with Gasteiger partial charge in [-0.25, -0.2) is 9.59 Å². The summed E-state index contributed by atoms with van der Waals surface area (Å²) in [6.45, 7) is 14.5. The molecule has 0 aromatic heterocycles. The second-order valence-electron chi connectivity index (χ2n) is 18.5. The highest BCUT2D eigenvalue weighted by Gasteiger charge is 2.40. The number of carbonyl (C=O) groups excluding carboxylic acids is 6. The Morgan fingerprint density at radius 3 is 1.50 bits per heavy atom. The first kappa shape index (κ1) is 48.7. The number of anilines is 4. The molecule has 5 unspecified atom stereocenters. The molecule has 8 N–H and O–H groups in total. The largest absolute Gasteiger partial charge is 0.453 e. The van der Waals surface area contributed by atoms with Gasteiger partial charge in [-0.3, -0.25) is 19.2 Å². The summed E-state index contributed by atoms with van der Waals surface area (Å²) in [5.74, 6) is -2.09. The Labute approximate surface area is 376 Å². The van der Waals surface area contributed by atoms with Gasteiger partial charge in [-0.15, -0.1) is 0 Å². The molecule has 2 aliphatic heterocycles. The summed E-state index contributed by atoms with van der Waals surface area (Å²) in [7, 11) is 2.47. The number of carbonyl (C=O) groups is 6. The van der Waals surface area contributed by atoms with Crippen LogP contribution in [0.4, 0.5) is 32.3 Å². The molecule has 64 heavy (non-hydrogen) atoms. The predicted octanol–water partition coefficient (Wildman–Crippen LogP) is 6.14. The second kappa shape index (κ2) is 20.9. The van der Waals surface area contributed by atoms with Crippen LogP contribution >= 0.6 is 0 Å². The quantitative estimate of drug-likeness (QED) is 0.101. The number of likely N-dealkylation sites (tertiary alicyclic amines) is 2. The fraction of sp³-hybridized carbons (Fsp3) is 0.500. The number of alkyl carbamates (subject to hydrolysis) is 2. The maximum atomic E-state index is 13.7. The third-order valence-electron chi connectivity index (χ3n) is 12.2. The van der Waals surface area contributed by atoms with Crippen molar-refractivity contribution in [1.82, 2.24) is 20.4 Å². The SMILES string of the molecule is COC(=O)NC(C(=O)N1CCCC1C(=O)Nc1ccc(CC(c2ccc(C(C)(C)C)cc2)c2ccc(NC(=O)C3CCCN3C(=O)C(NC(=O)OC)C(C)C)c(N)c2)cc1N)C(C)C. The number of benzene rings is 3. The van der Waals surface area contributed by atoms with Gasteiger partial charge in [0.15, 0.2) is 0 Å². The molecule has 2 fully saturated rings. The molecule has 16 nitrogen and oxygen atoms in total. The molecular formula is C48H66N8O8. The normalized spacial score (nSPS) is 17.7. The van der Waals surface area contributed by atoms with Crippen molar-refractivity contribution in [1.29, 1.82) is 0 Å². The van der Waals surface area contributed by atoms with Crippen LogP contribution in [-0.2, 0) is 40.5 Å². The Bertz CT molecular complexity index is 2190. The number of nitrogens with two attached hydrogens (primary N) is 2. The molecule has 6 amide bonds. The van der Waals surface area contributed by atoms with E-state index >= 15 is 0 Å². The van der Waals surface area contributed by atoms with Gasteiger partial charge < -0.3 is 52.0 Å². The van der Waals surface area contributed by atoms with E-state index in [1.807, 2.05) is 52.0 Å². The van der Waals surface area contributed by atoms with Gasteiger partial charge >= 0.3 is 12.2 Å². The van der Waals surface area contributed by atoms with Gasteiger partial charge in [0, 0.05) is 19.0 Å². The molecule has 0 spiro atoms. The van der Waals surface area contributed by atoms with E-state index in [0.717, 1.165) is 16.7 Å². The van der Waals surface area contributed by atoms with Crippen LogP contribution in [0.5, 0.6) is 0 Å². The Morgan fingerprint density at radius 1 is 0.656 bits per heavy atom. The minimum Gasteiger partial charge on any atom is -0.453 e. The number of ether oxygens (including phenoxy) is 2. The molecule has 0 aliphatic carbocycles. The fourth-order valence-corrected chi connectivity index (χ4v) is 8.44. The second-order valence-corrected chi connectivity index (χ2v) is 18.5. The zero-order chi connectivity index (χ0) is 47.0. The summed E-state index contributed by atoms with van der Waals surface area (Å²) < 4.78 is 9.45. The molecular weight excluding hydrogens is 817 g/mol. The smallest absolute Gasteiger partial charge is 0.407 e. The van der Waals surface area contributed by atoms with Crippen LogP contribution in [0.2, 0.25) is 0 Å². The lowest BCUT2D eigenvalue weighted by Gasteiger charge is -2.30. The Balaban J connectivity index is 1.35. The number of nitrogen functional groups attached to an aromatic ring is 2. The Kier molecular flexibility index (Phi) is 15.9. The maximum absolute atomic E-state index is 13.7. The van der Waals surface area contributed by atoms with Gasteiger partial charge in [-0.05, 0) is 95.9 Å². The van der Waals surface area contributed by atoms with Crippen molar-refractivity contribution in [3.05, 3.63) is 82.9 Å². The van der Waals surface area contributed by atoms with Crippen LogP contribution < -0.4 is 32.7 Å². The molecule has 3 aromatic carbocycles. The van der Waals surface area contributed by atoms with Crippen LogP contribution in [0, 0.1) is 11.8 Å². The van der Waals surface area contributed by atoms with E-state index in [0.29, 0.717) is 67.9 Å². The van der Waals surface area contributed by atoms with E-state index in [9.17, 15) is 28.8 Å². The molecule has 5 rings (SSSR count). The third kappa shape index (κ3) is 11.6. The lowest BCUT2D eigenvalue weighted by molar-refractivity contribution is -0.139. The van der Waals surface area contributed by atoms with Crippen molar-refractivity contribution in [3.8, 4) is 0 Å². The number of rotatable bonds is 14. The first-order valence-electron chi connectivity index (χ1n) is 22.0. The minimum atomic E-state index is -0.855. The number of nitrogens with one attached hydrogen (secondary N) is 4. The summed E-state index contributed by atoms with van der Waals surface area (Å²) in [5, 5.41) is 11.1. The number of methoxy groups -OCH3 is 2. The molecule has 3 aromatic rings. The number of amides is 6.